The third-order valence-corrected chi connectivity index (χ3v) is 3.84. The van der Waals surface area contributed by atoms with Crippen LogP contribution in [0.25, 0.3) is 0 Å². The van der Waals surface area contributed by atoms with Crippen LogP contribution in [-0.2, 0) is 13.0 Å². The second-order valence-corrected chi connectivity index (χ2v) is 6.06. The number of pyridine rings is 1. The number of rotatable bonds is 5. The van der Waals surface area contributed by atoms with Gasteiger partial charge in [-0.3, -0.25) is 4.90 Å². The van der Waals surface area contributed by atoms with Gasteiger partial charge in [-0.2, -0.15) is 0 Å². The molecule has 112 valence electrons. The van der Waals surface area contributed by atoms with Crippen LogP contribution in [0.1, 0.15) is 32.0 Å². The number of hydrogen-bond donors (Lipinski definition) is 1. The SMILES string of the molecule is CCc1cc(CN)cc(N2CCN(CC(C)C)CC2)n1. The van der Waals surface area contributed by atoms with Crippen molar-refractivity contribution in [2.24, 2.45) is 11.7 Å². The Bertz CT molecular complexity index is 400. The first-order valence-electron chi connectivity index (χ1n) is 7.79. The predicted molar refractivity (Wildman–Crippen MR) is 85.0 cm³/mol. The Labute approximate surface area is 123 Å². The van der Waals surface area contributed by atoms with E-state index in [0.29, 0.717) is 6.54 Å². The van der Waals surface area contributed by atoms with Gasteiger partial charge in [-0.15, -0.1) is 0 Å². The second-order valence-electron chi connectivity index (χ2n) is 6.06. The molecule has 1 saturated heterocycles. The molecule has 4 heteroatoms. The van der Waals surface area contributed by atoms with Crippen LogP contribution < -0.4 is 10.6 Å². The van der Waals surface area contributed by atoms with E-state index in [1.54, 1.807) is 0 Å². The van der Waals surface area contributed by atoms with Crippen LogP contribution in [0.4, 0.5) is 5.82 Å². The van der Waals surface area contributed by atoms with Gasteiger partial charge in [0.05, 0.1) is 0 Å². The average molecular weight is 276 g/mol. The molecule has 0 unspecified atom stereocenters. The minimum Gasteiger partial charge on any atom is -0.354 e. The van der Waals surface area contributed by atoms with Crippen molar-refractivity contribution in [2.45, 2.75) is 33.7 Å². The van der Waals surface area contributed by atoms with Crippen molar-refractivity contribution in [3.8, 4) is 0 Å². The Morgan fingerprint density at radius 3 is 2.45 bits per heavy atom. The quantitative estimate of drug-likeness (QED) is 0.892. The third-order valence-electron chi connectivity index (χ3n) is 3.84. The molecule has 0 aromatic carbocycles. The molecule has 0 amide bonds. The zero-order valence-electron chi connectivity index (χ0n) is 13.1. The molecule has 0 saturated carbocycles. The van der Waals surface area contributed by atoms with Crippen LogP contribution in [-0.4, -0.2) is 42.6 Å². The van der Waals surface area contributed by atoms with Gasteiger partial charge in [0.25, 0.3) is 0 Å². The molecule has 1 aromatic heterocycles. The van der Waals surface area contributed by atoms with Crippen LogP contribution in [0.5, 0.6) is 0 Å². The summed E-state index contributed by atoms with van der Waals surface area (Å²) >= 11 is 0. The molecule has 0 bridgehead atoms. The van der Waals surface area contributed by atoms with Crippen molar-refractivity contribution in [1.82, 2.24) is 9.88 Å². The first-order valence-corrected chi connectivity index (χ1v) is 7.79. The Hall–Kier alpha value is -1.13. The summed E-state index contributed by atoms with van der Waals surface area (Å²) in [5, 5.41) is 0. The molecule has 0 atom stereocenters. The maximum absolute atomic E-state index is 5.79. The molecule has 2 rings (SSSR count). The van der Waals surface area contributed by atoms with Crippen LogP contribution in [0, 0.1) is 5.92 Å². The molecular weight excluding hydrogens is 248 g/mol. The van der Waals surface area contributed by atoms with E-state index in [9.17, 15) is 0 Å². The van der Waals surface area contributed by atoms with Gasteiger partial charge in [0.2, 0.25) is 0 Å². The molecule has 20 heavy (non-hydrogen) atoms. The lowest BCUT2D eigenvalue weighted by Gasteiger charge is -2.36. The van der Waals surface area contributed by atoms with Crippen LogP contribution in [0.3, 0.4) is 0 Å². The van der Waals surface area contributed by atoms with E-state index in [1.165, 1.54) is 12.1 Å². The van der Waals surface area contributed by atoms with Gasteiger partial charge >= 0.3 is 0 Å². The maximum Gasteiger partial charge on any atom is 0.129 e. The number of aryl methyl sites for hydroxylation is 1. The molecule has 2 N–H and O–H groups in total. The van der Waals surface area contributed by atoms with Gasteiger partial charge in [-0.25, -0.2) is 4.98 Å². The number of piperazine rings is 1. The highest BCUT2D eigenvalue weighted by molar-refractivity contribution is 5.43. The van der Waals surface area contributed by atoms with E-state index in [0.717, 1.165) is 50.0 Å². The topological polar surface area (TPSA) is 45.4 Å². The highest BCUT2D eigenvalue weighted by Gasteiger charge is 2.19. The lowest BCUT2D eigenvalue weighted by atomic mass is 10.1. The molecule has 1 aliphatic rings. The highest BCUT2D eigenvalue weighted by atomic mass is 15.3. The van der Waals surface area contributed by atoms with Crippen LogP contribution in [0.2, 0.25) is 0 Å². The molecule has 1 fully saturated rings. The van der Waals surface area contributed by atoms with E-state index < -0.39 is 0 Å². The summed E-state index contributed by atoms with van der Waals surface area (Å²) in [5.74, 6) is 1.85. The summed E-state index contributed by atoms with van der Waals surface area (Å²) in [5.41, 5.74) is 8.13. The minimum atomic E-state index is 0.593. The van der Waals surface area contributed by atoms with Gasteiger partial charge in [-0.1, -0.05) is 20.8 Å². The van der Waals surface area contributed by atoms with Crippen molar-refractivity contribution in [1.29, 1.82) is 0 Å². The molecule has 0 radical (unpaired) electrons. The van der Waals surface area contributed by atoms with E-state index in [1.807, 2.05) is 0 Å². The maximum atomic E-state index is 5.79. The Balaban J connectivity index is 2.02. The summed E-state index contributed by atoms with van der Waals surface area (Å²) < 4.78 is 0. The van der Waals surface area contributed by atoms with Crippen LogP contribution >= 0.6 is 0 Å². The molecule has 2 heterocycles. The minimum absolute atomic E-state index is 0.593. The van der Waals surface area contributed by atoms with Crippen LogP contribution in [0.15, 0.2) is 12.1 Å². The monoisotopic (exact) mass is 276 g/mol. The normalized spacial score (nSPS) is 16.9. The summed E-state index contributed by atoms with van der Waals surface area (Å²) in [6, 6.07) is 4.27. The number of nitrogens with two attached hydrogens (primary N) is 1. The standard InChI is InChI=1S/C16H28N4/c1-4-15-9-14(11-17)10-16(18-15)20-7-5-19(6-8-20)12-13(2)3/h9-10,13H,4-8,11-12,17H2,1-3H3. The fourth-order valence-corrected chi connectivity index (χ4v) is 2.77. The highest BCUT2D eigenvalue weighted by Crippen LogP contribution is 2.18. The zero-order valence-corrected chi connectivity index (χ0v) is 13.1. The lowest BCUT2D eigenvalue weighted by Crippen LogP contribution is -2.47. The molecular formula is C16H28N4. The summed E-state index contributed by atoms with van der Waals surface area (Å²) in [6.07, 6.45) is 0.966. The first kappa shape index (κ1) is 15.3. The van der Waals surface area contributed by atoms with Gasteiger partial charge in [0.1, 0.15) is 5.82 Å². The van der Waals surface area contributed by atoms with E-state index in [-0.39, 0.29) is 0 Å². The Kier molecular flexibility index (Phi) is 5.38. The van der Waals surface area contributed by atoms with Crippen molar-refractivity contribution in [2.75, 3.05) is 37.6 Å². The predicted octanol–water partition coefficient (Wildman–Crippen LogP) is 1.88. The first-order chi connectivity index (χ1) is 9.62. The van der Waals surface area contributed by atoms with Gasteiger partial charge < -0.3 is 10.6 Å². The fraction of sp³-hybridized carbons (Fsp3) is 0.688. The lowest BCUT2D eigenvalue weighted by molar-refractivity contribution is 0.231. The number of nitrogens with zero attached hydrogens (tertiary/aromatic N) is 3. The summed E-state index contributed by atoms with van der Waals surface area (Å²) in [7, 11) is 0. The van der Waals surface area contributed by atoms with Crippen molar-refractivity contribution in [3.63, 3.8) is 0 Å². The van der Waals surface area contributed by atoms with Crippen molar-refractivity contribution in [3.05, 3.63) is 23.4 Å². The van der Waals surface area contributed by atoms with Gasteiger partial charge in [0.15, 0.2) is 0 Å². The molecule has 0 aliphatic carbocycles. The molecule has 1 aromatic rings. The second kappa shape index (κ2) is 7.04. The van der Waals surface area contributed by atoms with E-state index >= 15 is 0 Å². The summed E-state index contributed by atoms with van der Waals surface area (Å²) in [6.45, 7) is 12.9. The molecule has 4 nitrogen and oxygen atoms in total. The van der Waals surface area contributed by atoms with E-state index in [2.05, 4.69) is 42.7 Å². The van der Waals surface area contributed by atoms with Crippen molar-refractivity contribution < 1.29 is 0 Å². The Morgan fingerprint density at radius 2 is 1.90 bits per heavy atom. The largest absolute Gasteiger partial charge is 0.354 e. The number of hydrogen-bond acceptors (Lipinski definition) is 4. The zero-order chi connectivity index (χ0) is 14.5. The third kappa shape index (κ3) is 3.93. The number of anilines is 1. The Morgan fingerprint density at radius 1 is 1.20 bits per heavy atom. The van der Waals surface area contributed by atoms with Gasteiger partial charge in [0, 0.05) is 45.0 Å². The van der Waals surface area contributed by atoms with Crippen molar-refractivity contribution >= 4 is 5.82 Å². The molecule has 1 aliphatic heterocycles. The summed E-state index contributed by atoms with van der Waals surface area (Å²) in [4.78, 5) is 9.71. The van der Waals surface area contributed by atoms with E-state index in [4.69, 9.17) is 10.7 Å². The number of aromatic nitrogens is 1. The fourth-order valence-electron chi connectivity index (χ4n) is 2.77. The average Bonchev–Trinajstić information content (AvgIpc) is 2.46. The van der Waals surface area contributed by atoms with Gasteiger partial charge in [-0.05, 0) is 30.0 Å². The smallest absolute Gasteiger partial charge is 0.129 e. The molecule has 0 spiro atoms.